The number of allylic oxidation sites excluding steroid dienone is 1. The molecule has 2 nitrogen and oxygen atoms in total. The van der Waals surface area contributed by atoms with Crippen molar-refractivity contribution in [1.29, 1.82) is 0 Å². The van der Waals surface area contributed by atoms with Crippen molar-refractivity contribution in [2.24, 2.45) is 0 Å². The van der Waals surface area contributed by atoms with Gasteiger partial charge in [0.05, 0.1) is 5.57 Å². The molecule has 2 aromatic carbocycles. The van der Waals surface area contributed by atoms with Gasteiger partial charge in [-0.25, -0.2) is 0 Å². The van der Waals surface area contributed by atoms with E-state index in [2.05, 4.69) is 11.9 Å². The fourth-order valence-corrected chi connectivity index (χ4v) is 2.27. The van der Waals surface area contributed by atoms with E-state index in [1.807, 2.05) is 0 Å². The number of anilines is 1. The second kappa shape index (κ2) is 6.28. The molecule has 0 heterocycles. The van der Waals surface area contributed by atoms with Crippen molar-refractivity contribution in [3.63, 3.8) is 0 Å². The van der Waals surface area contributed by atoms with Crippen molar-refractivity contribution in [2.45, 2.75) is 20.0 Å². The molecule has 0 saturated carbocycles. The maximum Gasteiger partial charge on any atom is 0.416 e. The van der Waals surface area contributed by atoms with E-state index in [0.29, 0.717) is 22.4 Å². The summed E-state index contributed by atoms with van der Waals surface area (Å²) < 4.78 is 38.3. The van der Waals surface area contributed by atoms with Crippen LogP contribution in [0.5, 0.6) is 0 Å². The summed E-state index contributed by atoms with van der Waals surface area (Å²) in [5.74, 6) is -0.306. The summed E-state index contributed by atoms with van der Waals surface area (Å²) in [5.41, 5.74) is 1.20. The molecule has 0 aliphatic heterocycles. The van der Waals surface area contributed by atoms with Gasteiger partial charge in [0.25, 0.3) is 5.91 Å². The SMILES string of the molecule is C=C(c1cc(C)c(NC(=O)c2ccccc2)c(C)c1)C(F)(F)F. The van der Waals surface area contributed by atoms with Crippen molar-refractivity contribution in [3.8, 4) is 0 Å². The average Bonchev–Trinajstić information content (AvgIpc) is 2.49. The number of amides is 1. The number of carbonyl (C=O) groups excluding carboxylic acids is 1. The number of carbonyl (C=O) groups is 1. The van der Waals surface area contributed by atoms with Gasteiger partial charge in [-0.2, -0.15) is 13.2 Å². The number of halogens is 3. The van der Waals surface area contributed by atoms with E-state index >= 15 is 0 Å². The van der Waals surface area contributed by atoms with E-state index in [1.54, 1.807) is 44.2 Å². The molecule has 0 aromatic heterocycles. The van der Waals surface area contributed by atoms with Gasteiger partial charge in [-0.05, 0) is 54.8 Å². The van der Waals surface area contributed by atoms with Crippen LogP contribution in [0.1, 0.15) is 27.0 Å². The van der Waals surface area contributed by atoms with Gasteiger partial charge in [0.2, 0.25) is 0 Å². The summed E-state index contributed by atoms with van der Waals surface area (Å²) in [6.45, 7) is 6.41. The first-order chi connectivity index (χ1) is 10.7. The molecule has 0 bridgehead atoms. The zero-order valence-electron chi connectivity index (χ0n) is 12.8. The minimum Gasteiger partial charge on any atom is -0.322 e. The van der Waals surface area contributed by atoms with Crippen LogP contribution in [0.4, 0.5) is 18.9 Å². The summed E-state index contributed by atoms with van der Waals surface area (Å²) in [6.07, 6.45) is -4.48. The summed E-state index contributed by atoms with van der Waals surface area (Å²) in [6, 6.07) is 11.4. The second-order valence-corrected chi connectivity index (χ2v) is 5.28. The van der Waals surface area contributed by atoms with Gasteiger partial charge in [0, 0.05) is 11.3 Å². The molecule has 0 saturated heterocycles. The van der Waals surface area contributed by atoms with E-state index in [-0.39, 0.29) is 11.5 Å². The number of alkyl halides is 3. The highest BCUT2D eigenvalue weighted by molar-refractivity contribution is 6.05. The van der Waals surface area contributed by atoms with Gasteiger partial charge in [-0.1, -0.05) is 24.8 Å². The Labute approximate surface area is 132 Å². The predicted octanol–water partition coefficient (Wildman–Crippen LogP) is 5.13. The molecule has 0 aliphatic rings. The Morgan fingerprint density at radius 3 is 2.00 bits per heavy atom. The largest absolute Gasteiger partial charge is 0.416 e. The quantitative estimate of drug-likeness (QED) is 0.834. The lowest BCUT2D eigenvalue weighted by atomic mass is 9.99. The number of hydrogen-bond acceptors (Lipinski definition) is 1. The number of hydrogen-bond donors (Lipinski definition) is 1. The van der Waals surface area contributed by atoms with E-state index < -0.39 is 11.7 Å². The Balaban J connectivity index is 2.31. The summed E-state index contributed by atoms with van der Waals surface area (Å²) in [5, 5.41) is 2.75. The maximum absolute atomic E-state index is 12.8. The van der Waals surface area contributed by atoms with Gasteiger partial charge in [-0.15, -0.1) is 0 Å². The highest BCUT2D eigenvalue weighted by atomic mass is 19.4. The first kappa shape index (κ1) is 16.8. The van der Waals surface area contributed by atoms with E-state index in [1.165, 1.54) is 12.1 Å². The zero-order chi connectivity index (χ0) is 17.2. The van der Waals surface area contributed by atoms with Crippen molar-refractivity contribution < 1.29 is 18.0 Å². The number of rotatable bonds is 3. The Kier molecular flexibility index (Phi) is 4.59. The first-order valence-corrected chi connectivity index (χ1v) is 6.94. The van der Waals surface area contributed by atoms with Crippen LogP contribution in [-0.4, -0.2) is 12.1 Å². The van der Waals surface area contributed by atoms with Gasteiger partial charge in [0.1, 0.15) is 0 Å². The molecule has 0 aliphatic carbocycles. The lowest BCUT2D eigenvalue weighted by Gasteiger charge is -2.16. The zero-order valence-corrected chi connectivity index (χ0v) is 12.8. The fraction of sp³-hybridized carbons (Fsp3) is 0.167. The minimum absolute atomic E-state index is 0.00482. The number of aryl methyl sites for hydroxylation is 2. The van der Waals surface area contributed by atoms with Crippen LogP contribution in [0, 0.1) is 13.8 Å². The standard InChI is InChI=1S/C18H16F3NO/c1-11-9-15(13(3)18(19,20)21)10-12(2)16(11)22-17(23)14-7-5-4-6-8-14/h4-10H,3H2,1-2H3,(H,22,23). The van der Waals surface area contributed by atoms with E-state index in [9.17, 15) is 18.0 Å². The summed E-state index contributed by atoms with van der Waals surface area (Å²) in [4.78, 5) is 12.2. The average molecular weight is 319 g/mol. The van der Waals surface area contributed by atoms with E-state index in [0.717, 1.165) is 0 Å². The Bertz CT molecular complexity index is 726. The van der Waals surface area contributed by atoms with Crippen LogP contribution in [0.2, 0.25) is 0 Å². The third-order valence-electron chi connectivity index (χ3n) is 3.50. The van der Waals surface area contributed by atoms with Crippen LogP contribution in [0.3, 0.4) is 0 Å². The third-order valence-corrected chi connectivity index (χ3v) is 3.50. The predicted molar refractivity (Wildman–Crippen MR) is 85.4 cm³/mol. The molecule has 2 aromatic rings. The van der Waals surface area contributed by atoms with Crippen LogP contribution in [-0.2, 0) is 0 Å². The fourth-order valence-electron chi connectivity index (χ4n) is 2.27. The molecule has 0 fully saturated rings. The Hall–Kier alpha value is -2.56. The van der Waals surface area contributed by atoms with Gasteiger partial charge < -0.3 is 5.32 Å². The van der Waals surface area contributed by atoms with Crippen molar-refractivity contribution in [2.75, 3.05) is 5.32 Å². The monoisotopic (exact) mass is 319 g/mol. The van der Waals surface area contributed by atoms with Gasteiger partial charge in [-0.3, -0.25) is 4.79 Å². The number of nitrogens with one attached hydrogen (secondary N) is 1. The van der Waals surface area contributed by atoms with Crippen LogP contribution >= 0.6 is 0 Å². The molecule has 23 heavy (non-hydrogen) atoms. The van der Waals surface area contributed by atoms with Crippen molar-refractivity contribution in [1.82, 2.24) is 0 Å². The highest BCUT2D eigenvalue weighted by Gasteiger charge is 2.33. The van der Waals surface area contributed by atoms with Crippen molar-refractivity contribution >= 4 is 17.2 Å². The highest BCUT2D eigenvalue weighted by Crippen LogP contribution is 2.35. The first-order valence-electron chi connectivity index (χ1n) is 6.94. The van der Waals surface area contributed by atoms with Crippen LogP contribution in [0.15, 0.2) is 49.0 Å². The molecule has 2 rings (SSSR count). The summed E-state index contributed by atoms with van der Waals surface area (Å²) >= 11 is 0. The lowest BCUT2D eigenvalue weighted by molar-refractivity contribution is -0.0686. The van der Waals surface area contributed by atoms with E-state index in [4.69, 9.17) is 0 Å². The normalized spacial score (nSPS) is 11.2. The molecule has 5 heteroatoms. The molecule has 0 spiro atoms. The molecular weight excluding hydrogens is 303 g/mol. The lowest BCUT2D eigenvalue weighted by Crippen LogP contribution is -2.15. The molecular formula is C18H16F3NO. The summed E-state index contributed by atoms with van der Waals surface area (Å²) in [7, 11) is 0. The molecule has 0 unspecified atom stereocenters. The molecule has 0 atom stereocenters. The van der Waals surface area contributed by atoms with Crippen LogP contribution < -0.4 is 5.32 Å². The molecule has 1 N–H and O–H groups in total. The molecule has 0 radical (unpaired) electrons. The minimum atomic E-state index is -4.48. The molecule has 120 valence electrons. The topological polar surface area (TPSA) is 29.1 Å². The maximum atomic E-state index is 12.8. The smallest absolute Gasteiger partial charge is 0.322 e. The van der Waals surface area contributed by atoms with Crippen molar-refractivity contribution in [3.05, 3.63) is 71.3 Å². The Morgan fingerprint density at radius 1 is 1.00 bits per heavy atom. The van der Waals surface area contributed by atoms with Gasteiger partial charge >= 0.3 is 6.18 Å². The van der Waals surface area contributed by atoms with Crippen LogP contribution in [0.25, 0.3) is 5.57 Å². The molecule has 1 amide bonds. The second-order valence-electron chi connectivity index (χ2n) is 5.28. The van der Waals surface area contributed by atoms with Gasteiger partial charge in [0.15, 0.2) is 0 Å². The third kappa shape index (κ3) is 3.80. The number of benzene rings is 2. The Morgan fingerprint density at radius 2 is 1.52 bits per heavy atom.